The van der Waals surface area contributed by atoms with E-state index in [4.69, 9.17) is 23.4 Å². The van der Waals surface area contributed by atoms with Crippen molar-refractivity contribution >= 4 is 16.7 Å². The van der Waals surface area contributed by atoms with Crippen LogP contribution in [0, 0.1) is 0 Å². The van der Waals surface area contributed by atoms with Gasteiger partial charge in [0.15, 0.2) is 12.6 Å². The highest BCUT2D eigenvalue weighted by Crippen LogP contribution is 2.36. The van der Waals surface area contributed by atoms with E-state index in [2.05, 4.69) is 5.32 Å². The average molecular weight is 493 g/mol. The number of halogens is 3. The lowest BCUT2D eigenvalue weighted by molar-refractivity contribution is -0.337. The van der Waals surface area contributed by atoms with Crippen LogP contribution in [-0.4, -0.2) is 49.5 Å². The molecule has 0 amide bonds. The molecule has 3 heterocycles. The second kappa shape index (κ2) is 9.25. The highest BCUT2D eigenvalue weighted by Gasteiger charge is 2.49. The molecule has 0 bridgehead atoms. The first kappa shape index (κ1) is 23.8. The molecule has 0 saturated carbocycles. The van der Waals surface area contributed by atoms with Gasteiger partial charge in [-0.3, -0.25) is 0 Å². The van der Waals surface area contributed by atoms with Crippen molar-refractivity contribution in [2.45, 2.75) is 43.1 Å². The number of hydrogen-bond donors (Lipinski definition) is 2. The largest absolute Gasteiger partial charge is 0.423 e. The first-order valence-corrected chi connectivity index (χ1v) is 10.8. The van der Waals surface area contributed by atoms with Crippen LogP contribution >= 0.6 is 0 Å². The van der Waals surface area contributed by atoms with Gasteiger partial charge < -0.3 is 33.8 Å². The summed E-state index contributed by atoms with van der Waals surface area (Å²) in [6, 6.07) is 13.5. The monoisotopic (exact) mass is 493 g/mol. The van der Waals surface area contributed by atoms with Crippen LogP contribution in [0.3, 0.4) is 0 Å². The van der Waals surface area contributed by atoms with Crippen LogP contribution in [0.4, 0.5) is 18.9 Å². The zero-order chi connectivity index (χ0) is 24.7. The molecule has 3 aromatic rings. The Morgan fingerprint density at radius 2 is 1.86 bits per heavy atom. The lowest BCUT2D eigenvalue weighted by Gasteiger charge is -2.47. The lowest BCUT2D eigenvalue weighted by Crippen LogP contribution is -2.64. The van der Waals surface area contributed by atoms with E-state index in [9.17, 15) is 23.1 Å². The number of methoxy groups -OCH3 is 1. The van der Waals surface area contributed by atoms with E-state index < -0.39 is 54.3 Å². The van der Waals surface area contributed by atoms with Crippen molar-refractivity contribution in [1.29, 1.82) is 0 Å². The molecule has 2 aromatic carbocycles. The molecule has 2 aliphatic rings. The number of aliphatic hydroxyl groups is 1. The normalized spacial score (nSPS) is 29.1. The van der Waals surface area contributed by atoms with E-state index in [1.165, 1.54) is 25.3 Å². The van der Waals surface area contributed by atoms with Gasteiger partial charge in [-0.1, -0.05) is 30.3 Å². The highest BCUT2D eigenvalue weighted by molar-refractivity contribution is 5.81. The van der Waals surface area contributed by atoms with Crippen LogP contribution in [-0.2, 0) is 25.1 Å². The Hall–Kier alpha value is -2.96. The van der Waals surface area contributed by atoms with Crippen molar-refractivity contribution in [1.82, 2.24) is 0 Å². The third-order valence-electron chi connectivity index (χ3n) is 6.04. The van der Waals surface area contributed by atoms with Crippen molar-refractivity contribution in [2.75, 3.05) is 19.0 Å². The average Bonchev–Trinajstić information content (AvgIpc) is 2.84. The molecule has 0 radical (unpaired) electrons. The molecular formula is C24H22F3NO7. The van der Waals surface area contributed by atoms with Gasteiger partial charge in [-0.25, -0.2) is 4.79 Å². The number of benzene rings is 2. The second-order valence-corrected chi connectivity index (χ2v) is 8.31. The number of hydrogen-bond acceptors (Lipinski definition) is 8. The maximum atomic E-state index is 13.0. The molecule has 2 saturated heterocycles. The Morgan fingerprint density at radius 3 is 2.57 bits per heavy atom. The van der Waals surface area contributed by atoms with Gasteiger partial charge in [-0.05, 0) is 18.2 Å². The molecule has 0 spiro atoms. The maximum absolute atomic E-state index is 13.0. The third-order valence-corrected chi connectivity index (χ3v) is 6.04. The quantitative estimate of drug-likeness (QED) is 0.534. The number of alkyl halides is 3. The Bertz CT molecular complexity index is 1250. The van der Waals surface area contributed by atoms with E-state index in [-0.39, 0.29) is 17.6 Å². The minimum atomic E-state index is -4.82. The minimum absolute atomic E-state index is 0.0440. The Kier molecular flexibility index (Phi) is 6.28. The van der Waals surface area contributed by atoms with E-state index in [0.29, 0.717) is 5.69 Å². The van der Waals surface area contributed by atoms with Crippen LogP contribution in [0.25, 0.3) is 11.0 Å². The van der Waals surface area contributed by atoms with Gasteiger partial charge in [-0.15, -0.1) is 0 Å². The van der Waals surface area contributed by atoms with Gasteiger partial charge in [0.25, 0.3) is 0 Å². The second-order valence-electron chi connectivity index (χ2n) is 8.31. The minimum Gasteiger partial charge on any atom is -0.422 e. The van der Waals surface area contributed by atoms with Crippen LogP contribution in [0.15, 0.2) is 63.8 Å². The summed E-state index contributed by atoms with van der Waals surface area (Å²) in [6.07, 6.45) is -8.81. The number of aliphatic hydroxyl groups excluding tert-OH is 1. The van der Waals surface area contributed by atoms with Gasteiger partial charge in [0.05, 0.1) is 6.61 Å². The Morgan fingerprint density at radius 1 is 1.09 bits per heavy atom. The van der Waals surface area contributed by atoms with Crippen LogP contribution < -0.4 is 10.9 Å². The number of nitrogens with one attached hydrogen (secondary N) is 1. The van der Waals surface area contributed by atoms with Crippen molar-refractivity contribution in [3.63, 3.8) is 0 Å². The Balaban J connectivity index is 1.39. The molecule has 2 aliphatic heterocycles. The molecule has 186 valence electrons. The maximum Gasteiger partial charge on any atom is 0.423 e. The summed E-state index contributed by atoms with van der Waals surface area (Å²) in [5.41, 5.74) is -1.74. The number of anilines is 1. The molecule has 5 rings (SSSR count). The predicted molar refractivity (Wildman–Crippen MR) is 117 cm³/mol. The fourth-order valence-electron chi connectivity index (χ4n) is 4.32. The molecule has 0 aliphatic carbocycles. The lowest BCUT2D eigenvalue weighted by atomic mass is 9.95. The van der Waals surface area contributed by atoms with Crippen molar-refractivity contribution in [2.24, 2.45) is 0 Å². The van der Waals surface area contributed by atoms with E-state index >= 15 is 0 Å². The molecular weight excluding hydrogens is 471 g/mol. The zero-order valence-electron chi connectivity index (χ0n) is 18.4. The smallest absolute Gasteiger partial charge is 0.422 e. The summed E-state index contributed by atoms with van der Waals surface area (Å²) in [5.74, 6) is 0. The zero-order valence-corrected chi connectivity index (χ0v) is 18.4. The van der Waals surface area contributed by atoms with Gasteiger partial charge in [0.2, 0.25) is 0 Å². The predicted octanol–water partition coefficient (Wildman–Crippen LogP) is 3.44. The summed E-state index contributed by atoms with van der Waals surface area (Å²) in [4.78, 5) is 11.8. The van der Waals surface area contributed by atoms with Crippen LogP contribution in [0.1, 0.15) is 17.4 Å². The molecule has 2 fully saturated rings. The van der Waals surface area contributed by atoms with Crippen molar-refractivity contribution in [3.8, 4) is 0 Å². The van der Waals surface area contributed by atoms with Gasteiger partial charge in [-0.2, -0.15) is 13.2 Å². The van der Waals surface area contributed by atoms with Crippen LogP contribution in [0.5, 0.6) is 0 Å². The SMILES string of the molecule is COC1OC2COC(c3ccccc3)OC2C(O)C1Nc1ccc2cc(C(F)(F)F)c(=O)oc2c1. The van der Waals surface area contributed by atoms with Crippen LogP contribution in [0.2, 0.25) is 0 Å². The number of fused-ring (bicyclic) bond motifs is 2. The van der Waals surface area contributed by atoms with E-state index in [1.807, 2.05) is 30.3 Å². The first-order valence-electron chi connectivity index (χ1n) is 10.8. The fraction of sp³-hybridized carbons (Fsp3) is 0.375. The molecule has 6 atom stereocenters. The summed E-state index contributed by atoms with van der Waals surface area (Å²) in [6.45, 7) is 0.177. The summed E-state index contributed by atoms with van der Waals surface area (Å²) in [5, 5.41) is 14.3. The van der Waals surface area contributed by atoms with E-state index in [0.717, 1.165) is 11.6 Å². The summed E-state index contributed by atoms with van der Waals surface area (Å²) < 4.78 is 67.1. The molecule has 8 nitrogen and oxygen atoms in total. The van der Waals surface area contributed by atoms with E-state index in [1.54, 1.807) is 0 Å². The van der Waals surface area contributed by atoms with Gasteiger partial charge in [0.1, 0.15) is 35.5 Å². The number of rotatable bonds is 4. The molecule has 1 aromatic heterocycles. The van der Waals surface area contributed by atoms with Gasteiger partial charge in [0, 0.05) is 29.8 Å². The standard InChI is InChI=1S/C24H22F3NO7/c1-31-23-18(19(29)20-17(34-23)11-32-22(35-20)12-5-3-2-4-6-12)28-14-8-7-13-9-15(24(25,26)27)21(30)33-16(13)10-14/h2-10,17-20,22-23,28-29H,11H2,1H3. The first-order chi connectivity index (χ1) is 16.7. The molecule has 11 heteroatoms. The fourth-order valence-corrected chi connectivity index (χ4v) is 4.32. The summed E-state index contributed by atoms with van der Waals surface area (Å²) >= 11 is 0. The van der Waals surface area contributed by atoms with Crippen molar-refractivity contribution in [3.05, 3.63) is 76.1 Å². The van der Waals surface area contributed by atoms with Crippen molar-refractivity contribution < 1.29 is 41.6 Å². The summed E-state index contributed by atoms with van der Waals surface area (Å²) in [7, 11) is 1.42. The highest BCUT2D eigenvalue weighted by atomic mass is 19.4. The third kappa shape index (κ3) is 4.65. The topological polar surface area (TPSA) is 99.4 Å². The number of ether oxygens (including phenoxy) is 4. The molecule has 35 heavy (non-hydrogen) atoms. The molecule has 6 unspecified atom stereocenters. The van der Waals surface area contributed by atoms with Gasteiger partial charge >= 0.3 is 11.8 Å². The Labute approximate surface area is 197 Å². The molecule has 2 N–H and O–H groups in total.